The van der Waals surface area contributed by atoms with Gasteiger partial charge in [0, 0.05) is 0 Å². The molecule has 1 aliphatic rings. The molecule has 3 aromatic rings. The second-order valence-electron chi connectivity index (χ2n) is 5.74. The molecular formula is C20H15NO6. The molecule has 0 fully saturated rings. The molecule has 7 heteroatoms. The highest BCUT2D eigenvalue weighted by Crippen LogP contribution is 2.32. The third-order valence-electron chi connectivity index (χ3n) is 3.95. The summed E-state index contributed by atoms with van der Waals surface area (Å²) in [7, 11) is 0. The highest BCUT2D eigenvalue weighted by Gasteiger charge is 2.18. The Morgan fingerprint density at radius 1 is 1.00 bits per heavy atom. The number of carbonyl (C=O) groups is 2. The second-order valence-corrected chi connectivity index (χ2v) is 5.74. The Bertz CT molecular complexity index is 980. The van der Waals surface area contributed by atoms with Crippen LogP contribution < -0.4 is 14.8 Å². The van der Waals surface area contributed by atoms with Crippen LogP contribution in [-0.2, 0) is 11.3 Å². The summed E-state index contributed by atoms with van der Waals surface area (Å²) in [5.41, 5.74) is 1.36. The summed E-state index contributed by atoms with van der Waals surface area (Å²) < 4.78 is 21.0. The lowest BCUT2D eigenvalue weighted by Crippen LogP contribution is -2.15. The van der Waals surface area contributed by atoms with E-state index in [9.17, 15) is 9.59 Å². The van der Waals surface area contributed by atoms with E-state index >= 15 is 0 Å². The van der Waals surface area contributed by atoms with Crippen molar-refractivity contribution in [1.29, 1.82) is 0 Å². The molecule has 0 bridgehead atoms. The van der Waals surface area contributed by atoms with Crippen LogP contribution in [0, 0.1) is 0 Å². The van der Waals surface area contributed by atoms with Crippen molar-refractivity contribution >= 4 is 17.6 Å². The lowest BCUT2D eigenvalue weighted by Gasteiger charge is -2.10. The van der Waals surface area contributed by atoms with E-state index in [4.69, 9.17) is 18.6 Å². The van der Waals surface area contributed by atoms with Crippen LogP contribution in [0.2, 0.25) is 0 Å². The largest absolute Gasteiger partial charge is 0.459 e. The third-order valence-corrected chi connectivity index (χ3v) is 3.95. The molecule has 0 aliphatic carbocycles. The summed E-state index contributed by atoms with van der Waals surface area (Å²) in [4.78, 5) is 24.6. The first-order valence-corrected chi connectivity index (χ1v) is 8.20. The molecule has 0 spiro atoms. The van der Waals surface area contributed by atoms with Gasteiger partial charge in [0.25, 0.3) is 5.91 Å². The number of ether oxygens (including phenoxy) is 3. The zero-order valence-corrected chi connectivity index (χ0v) is 14.1. The lowest BCUT2D eigenvalue weighted by atomic mass is 10.1. The van der Waals surface area contributed by atoms with Gasteiger partial charge in [-0.05, 0) is 42.0 Å². The Kier molecular flexibility index (Phi) is 4.49. The van der Waals surface area contributed by atoms with Crippen LogP contribution in [0.25, 0.3) is 0 Å². The fraction of sp³-hybridized carbons (Fsp3) is 0.100. The Labute approximate surface area is 154 Å². The summed E-state index contributed by atoms with van der Waals surface area (Å²) in [5, 5.41) is 2.66. The topological polar surface area (TPSA) is 87.0 Å². The fourth-order valence-corrected chi connectivity index (χ4v) is 2.62. The van der Waals surface area contributed by atoms with Crippen molar-refractivity contribution in [2.45, 2.75) is 6.61 Å². The maximum atomic E-state index is 12.5. The number of rotatable bonds is 5. The summed E-state index contributed by atoms with van der Waals surface area (Å²) in [6.45, 7) is 0.247. The van der Waals surface area contributed by atoms with Crippen LogP contribution in [0.4, 0.5) is 5.69 Å². The van der Waals surface area contributed by atoms with Gasteiger partial charge < -0.3 is 23.9 Å². The van der Waals surface area contributed by atoms with E-state index in [0.717, 1.165) is 5.56 Å². The van der Waals surface area contributed by atoms with E-state index in [1.165, 1.54) is 12.3 Å². The monoisotopic (exact) mass is 365 g/mol. The van der Waals surface area contributed by atoms with Gasteiger partial charge in [-0.1, -0.05) is 18.2 Å². The Morgan fingerprint density at radius 2 is 1.85 bits per heavy atom. The number of hydrogen-bond donors (Lipinski definition) is 1. The van der Waals surface area contributed by atoms with Crippen molar-refractivity contribution < 1.29 is 28.2 Å². The first kappa shape index (κ1) is 16.7. The van der Waals surface area contributed by atoms with Crippen LogP contribution in [0.1, 0.15) is 26.5 Å². The minimum Gasteiger partial charge on any atom is -0.459 e. The minimum absolute atomic E-state index is 0.0654. The van der Waals surface area contributed by atoms with Crippen molar-refractivity contribution in [3.8, 4) is 11.5 Å². The number of benzene rings is 2. The number of amides is 1. The molecule has 0 saturated carbocycles. The standard InChI is InChI=1S/C20H15NO6/c22-19(17-6-3-9-24-17)21-15-5-2-1-4-14(15)20(23)25-11-13-7-8-16-18(10-13)27-12-26-16/h1-10H,11-12H2,(H,21,22). The summed E-state index contributed by atoms with van der Waals surface area (Å²) in [6, 6.07) is 15.1. The molecule has 7 nitrogen and oxygen atoms in total. The SMILES string of the molecule is O=C(Nc1ccccc1C(=O)OCc1ccc2c(c1)OCO2)c1ccco1. The summed E-state index contributed by atoms with van der Waals surface area (Å²) in [6.07, 6.45) is 1.40. The highest BCUT2D eigenvalue weighted by molar-refractivity contribution is 6.06. The predicted molar refractivity (Wildman–Crippen MR) is 94.8 cm³/mol. The van der Waals surface area contributed by atoms with E-state index in [1.54, 1.807) is 48.5 Å². The number of anilines is 1. The van der Waals surface area contributed by atoms with Gasteiger partial charge in [0.1, 0.15) is 6.61 Å². The van der Waals surface area contributed by atoms with Crippen molar-refractivity contribution in [3.05, 3.63) is 77.7 Å². The first-order chi connectivity index (χ1) is 13.2. The molecule has 0 unspecified atom stereocenters. The molecule has 1 N–H and O–H groups in total. The van der Waals surface area contributed by atoms with Crippen molar-refractivity contribution in [3.63, 3.8) is 0 Å². The van der Waals surface area contributed by atoms with Crippen molar-refractivity contribution in [2.24, 2.45) is 0 Å². The van der Waals surface area contributed by atoms with Gasteiger partial charge in [-0.3, -0.25) is 4.79 Å². The average Bonchev–Trinajstić information content (AvgIpc) is 3.38. The number of para-hydroxylation sites is 1. The van der Waals surface area contributed by atoms with E-state index < -0.39 is 11.9 Å². The highest BCUT2D eigenvalue weighted by atomic mass is 16.7. The van der Waals surface area contributed by atoms with E-state index in [2.05, 4.69) is 5.32 Å². The van der Waals surface area contributed by atoms with Gasteiger partial charge in [0.05, 0.1) is 17.5 Å². The Hall–Kier alpha value is -3.74. The van der Waals surface area contributed by atoms with Gasteiger partial charge in [-0.2, -0.15) is 0 Å². The van der Waals surface area contributed by atoms with Gasteiger partial charge in [-0.25, -0.2) is 4.79 Å². The average molecular weight is 365 g/mol. The molecule has 0 saturated heterocycles. The normalized spacial score (nSPS) is 11.9. The molecule has 0 atom stereocenters. The summed E-state index contributed by atoms with van der Waals surface area (Å²) >= 11 is 0. The Morgan fingerprint density at radius 3 is 2.70 bits per heavy atom. The van der Waals surface area contributed by atoms with Gasteiger partial charge in [0.15, 0.2) is 17.3 Å². The van der Waals surface area contributed by atoms with Crippen molar-refractivity contribution in [1.82, 2.24) is 0 Å². The van der Waals surface area contributed by atoms with Crippen LogP contribution >= 0.6 is 0 Å². The molecule has 4 rings (SSSR count). The smallest absolute Gasteiger partial charge is 0.340 e. The molecule has 1 aliphatic heterocycles. The number of nitrogens with one attached hydrogen (secondary N) is 1. The third kappa shape index (κ3) is 3.62. The number of esters is 1. The molecule has 1 aromatic heterocycles. The minimum atomic E-state index is -0.553. The molecule has 0 radical (unpaired) electrons. The number of furan rings is 1. The molecule has 1 amide bonds. The number of hydrogen-bond acceptors (Lipinski definition) is 6. The maximum absolute atomic E-state index is 12.5. The quantitative estimate of drug-likeness (QED) is 0.695. The summed E-state index contributed by atoms with van der Waals surface area (Å²) in [5.74, 6) is 0.434. The second kappa shape index (κ2) is 7.25. The van der Waals surface area contributed by atoms with Gasteiger partial charge in [-0.15, -0.1) is 0 Å². The molecular weight excluding hydrogens is 350 g/mol. The lowest BCUT2D eigenvalue weighted by molar-refractivity contribution is 0.0473. The van der Waals surface area contributed by atoms with Crippen LogP contribution in [0.3, 0.4) is 0 Å². The van der Waals surface area contributed by atoms with Crippen LogP contribution in [0.5, 0.6) is 11.5 Å². The molecule has 136 valence electrons. The molecule has 27 heavy (non-hydrogen) atoms. The maximum Gasteiger partial charge on any atom is 0.340 e. The number of fused-ring (bicyclic) bond motifs is 1. The van der Waals surface area contributed by atoms with E-state index in [1.807, 2.05) is 0 Å². The van der Waals surface area contributed by atoms with Crippen LogP contribution in [-0.4, -0.2) is 18.7 Å². The zero-order chi connectivity index (χ0) is 18.6. The molecule has 2 aromatic carbocycles. The van der Waals surface area contributed by atoms with Gasteiger partial charge in [0.2, 0.25) is 6.79 Å². The van der Waals surface area contributed by atoms with Crippen LogP contribution in [0.15, 0.2) is 65.3 Å². The fourth-order valence-electron chi connectivity index (χ4n) is 2.62. The number of carbonyl (C=O) groups excluding carboxylic acids is 2. The zero-order valence-electron chi connectivity index (χ0n) is 14.1. The van der Waals surface area contributed by atoms with Gasteiger partial charge >= 0.3 is 5.97 Å². The van der Waals surface area contributed by atoms with E-state index in [-0.39, 0.29) is 24.7 Å². The van der Waals surface area contributed by atoms with E-state index in [0.29, 0.717) is 17.2 Å². The Balaban J connectivity index is 1.45. The molecule has 2 heterocycles. The van der Waals surface area contributed by atoms with Crippen molar-refractivity contribution in [2.75, 3.05) is 12.1 Å². The first-order valence-electron chi connectivity index (χ1n) is 8.20. The predicted octanol–water partition coefficient (Wildman–Crippen LogP) is 3.62.